The van der Waals surface area contributed by atoms with Gasteiger partial charge in [0.15, 0.2) is 0 Å². The minimum absolute atomic E-state index is 0.115. The highest BCUT2D eigenvalue weighted by molar-refractivity contribution is 6.31. The summed E-state index contributed by atoms with van der Waals surface area (Å²) in [5.74, 6) is -0.472. The van der Waals surface area contributed by atoms with Gasteiger partial charge in [-0.1, -0.05) is 11.6 Å². The molecule has 1 aromatic rings. The molecule has 1 rings (SSSR count). The van der Waals surface area contributed by atoms with E-state index in [1.807, 2.05) is 6.92 Å². The van der Waals surface area contributed by atoms with Crippen molar-refractivity contribution in [3.05, 3.63) is 28.8 Å². The van der Waals surface area contributed by atoms with Crippen LogP contribution in [0.1, 0.15) is 23.7 Å². The summed E-state index contributed by atoms with van der Waals surface area (Å²) in [5, 5.41) is 3.66. The van der Waals surface area contributed by atoms with Gasteiger partial charge in [-0.2, -0.15) is 0 Å². The van der Waals surface area contributed by atoms with Crippen LogP contribution in [0.3, 0.4) is 0 Å². The second kappa shape index (κ2) is 5.72. The number of amides is 1. The smallest absolute Gasteiger partial charge is 0.250 e. The van der Waals surface area contributed by atoms with E-state index in [0.29, 0.717) is 22.8 Å². The molecule has 88 valence electrons. The van der Waals surface area contributed by atoms with Crippen LogP contribution < -0.4 is 16.8 Å². The molecule has 0 aromatic heterocycles. The second-order valence-electron chi connectivity index (χ2n) is 3.75. The maximum atomic E-state index is 11.1. The number of carbonyl (C=O) groups excluding carboxylic acids is 1. The minimum atomic E-state index is -0.472. The molecule has 0 fully saturated rings. The van der Waals surface area contributed by atoms with E-state index in [1.165, 1.54) is 0 Å². The molecule has 0 radical (unpaired) electrons. The van der Waals surface area contributed by atoms with Gasteiger partial charge in [0, 0.05) is 23.3 Å². The van der Waals surface area contributed by atoms with Crippen LogP contribution in [0.2, 0.25) is 5.02 Å². The molecule has 1 unspecified atom stereocenters. The van der Waals surface area contributed by atoms with E-state index in [0.717, 1.165) is 6.42 Å². The first-order valence-electron chi connectivity index (χ1n) is 5.09. The van der Waals surface area contributed by atoms with Gasteiger partial charge in [-0.3, -0.25) is 4.79 Å². The summed E-state index contributed by atoms with van der Waals surface area (Å²) in [6.07, 6.45) is 0.810. The third-order valence-corrected chi connectivity index (χ3v) is 2.40. The van der Waals surface area contributed by atoms with Crippen LogP contribution in [0.5, 0.6) is 0 Å². The fraction of sp³-hybridized carbons (Fsp3) is 0.364. The number of rotatable bonds is 5. The highest BCUT2D eigenvalue weighted by Gasteiger charge is 2.08. The number of nitrogens with two attached hydrogens (primary N) is 2. The predicted molar refractivity (Wildman–Crippen MR) is 66.7 cm³/mol. The summed E-state index contributed by atoms with van der Waals surface area (Å²) >= 11 is 5.85. The summed E-state index contributed by atoms with van der Waals surface area (Å²) in [4.78, 5) is 11.1. The number of hydrogen-bond donors (Lipinski definition) is 3. The van der Waals surface area contributed by atoms with Gasteiger partial charge in [0.05, 0.1) is 5.56 Å². The maximum absolute atomic E-state index is 11.1. The first kappa shape index (κ1) is 12.8. The Bertz CT molecular complexity index is 379. The fourth-order valence-corrected chi connectivity index (χ4v) is 1.48. The quantitative estimate of drug-likeness (QED) is 0.732. The van der Waals surface area contributed by atoms with Gasteiger partial charge in [-0.25, -0.2) is 0 Å². The summed E-state index contributed by atoms with van der Waals surface area (Å²) in [6, 6.07) is 5.05. The highest BCUT2D eigenvalue weighted by Crippen LogP contribution is 2.20. The van der Waals surface area contributed by atoms with Crippen LogP contribution in [0, 0.1) is 0 Å². The van der Waals surface area contributed by atoms with E-state index in [4.69, 9.17) is 23.1 Å². The maximum Gasteiger partial charge on any atom is 0.250 e. The monoisotopic (exact) mass is 241 g/mol. The lowest BCUT2D eigenvalue weighted by molar-refractivity contribution is 0.100. The zero-order chi connectivity index (χ0) is 12.1. The zero-order valence-corrected chi connectivity index (χ0v) is 9.92. The van der Waals surface area contributed by atoms with Crippen LogP contribution >= 0.6 is 11.6 Å². The molecule has 0 spiro atoms. The molecular formula is C11H16ClN3O. The van der Waals surface area contributed by atoms with Gasteiger partial charge in [0.25, 0.3) is 5.91 Å². The number of carbonyl (C=O) groups is 1. The van der Waals surface area contributed by atoms with Crippen molar-refractivity contribution in [2.75, 3.05) is 11.9 Å². The molecule has 5 heteroatoms. The van der Waals surface area contributed by atoms with Crippen LogP contribution in [0.4, 0.5) is 5.69 Å². The molecule has 16 heavy (non-hydrogen) atoms. The molecule has 1 amide bonds. The molecule has 0 aliphatic carbocycles. The number of nitrogens with one attached hydrogen (secondary N) is 1. The van der Waals surface area contributed by atoms with Gasteiger partial charge in [0.2, 0.25) is 0 Å². The van der Waals surface area contributed by atoms with Crippen molar-refractivity contribution in [3.63, 3.8) is 0 Å². The van der Waals surface area contributed by atoms with Gasteiger partial charge in [-0.15, -0.1) is 0 Å². The predicted octanol–water partition coefficient (Wildman–Crippen LogP) is 1.59. The molecule has 0 aliphatic heterocycles. The Morgan fingerprint density at radius 3 is 2.81 bits per heavy atom. The molecule has 0 heterocycles. The lowest BCUT2D eigenvalue weighted by Crippen LogP contribution is -2.20. The number of benzene rings is 1. The Morgan fingerprint density at radius 2 is 2.25 bits per heavy atom. The van der Waals surface area contributed by atoms with Crippen molar-refractivity contribution in [1.29, 1.82) is 0 Å². The van der Waals surface area contributed by atoms with Gasteiger partial charge < -0.3 is 16.8 Å². The van der Waals surface area contributed by atoms with Crippen LogP contribution in [0.15, 0.2) is 18.2 Å². The minimum Gasteiger partial charge on any atom is -0.384 e. The first-order valence-corrected chi connectivity index (χ1v) is 5.47. The van der Waals surface area contributed by atoms with E-state index in [2.05, 4.69) is 5.32 Å². The molecule has 4 nitrogen and oxygen atoms in total. The number of halogens is 1. The van der Waals surface area contributed by atoms with Crippen LogP contribution in [0.25, 0.3) is 0 Å². The Morgan fingerprint density at radius 1 is 1.56 bits per heavy atom. The summed E-state index contributed by atoms with van der Waals surface area (Å²) in [5.41, 5.74) is 12.0. The molecule has 0 saturated carbocycles. The van der Waals surface area contributed by atoms with E-state index >= 15 is 0 Å². The van der Waals surface area contributed by atoms with Crippen LogP contribution in [-0.4, -0.2) is 18.5 Å². The van der Waals surface area contributed by atoms with Crippen molar-refractivity contribution < 1.29 is 4.79 Å². The molecule has 1 atom stereocenters. The van der Waals surface area contributed by atoms with Crippen molar-refractivity contribution in [3.8, 4) is 0 Å². The molecule has 0 saturated heterocycles. The standard InChI is InChI=1S/C11H16ClN3O/c1-7(13)4-5-15-10-6-8(12)2-3-9(10)11(14)16/h2-3,6-7,15H,4-5,13H2,1H3,(H2,14,16). The van der Waals surface area contributed by atoms with Crippen molar-refractivity contribution in [2.45, 2.75) is 19.4 Å². The molecular weight excluding hydrogens is 226 g/mol. The molecule has 0 aliphatic rings. The van der Waals surface area contributed by atoms with Crippen molar-refractivity contribution in [1.82, 2.24) is 0 Å². The number of hydrogen-bond acceptors (Lipinski definition) is 3. The number of anilines is 1. The fourth-order valence-electron chi connectivity index (χ4n) is 1.31. The van der Waals surface area contributed by atoms with E-state index in [1.54, 1.807) is 18.2 Å². The number of primary amides is 1. The third-order valence-electron chi connectivity index (χ3n) is 2.16. The third kappa shape index (κ3) is 3.72. The summed E-state index contributed by atoms with van der Waals surface area (Å²) in [6.45, 7) is 2.60. The lowest BCUT2D eigenvalue weighted by Gasteiger charge is -2.11. The first-order chi connectivity index (χ1) is 7.50. The Hall–Kier alpha value is -1.26. The van der Waals surface area contributed by atoms with E-state index < -0.39 is 5.91 Å². The Labute approximate surface area is 100.0 Å². The Kier molecular flexibility index (Phi) is 4.58. The van der Waals surface area contributed by atoms with Gasteiger partial charge >= 0.3 is 0 Å². The molecule has 1 aromatic carbocycles. The molecule has 0 bridgehead atoms. The van der Waals surface area contributed by atoms with E-state index in [-0.39, 0.29) is 6.04 Å². The SMILES string of the molecule is CC(N)CCNc1cc(Cl)ccc1C(N)=O. The zero-order valence-electron chi connectivity index (χ0n) is 9.16. The topological polar surface area (TPSA) is 81.1 Å². The Balaban J connectivity index is 2.76. The average Bonchev–Trinajstić information content (AvgIpc) is 2.16. The normalized spacial score (nSPS) is 12.2. The molecule has 5 N–H and O–H groups in total. The van der Waals surface area contributed by atoms with Crippen molar-refractivity contribution in [2.24, 2.45) is 11.5 Å². The lowest BCUT2D eigenvalue weighted by atomic mass is 10.1. The highest BCUT2D eigenvalue weighted by atomic mass is 35.5. The van der Waals surface area contributed by atoms with Gasteiger partial charge in [0.1, 0.15) is 0 Å². The largest absolute Gasteiger partial charge is 0.384 e. The van der Waals surface area contributed by atoms with Gasteiger partial charge in [-0.05, 0) is 31.5 Å². The van der Waals surface area contributed by atoms with Crippen molar-refractivity contribution >= 4 is 23.2 Å². The average molecular weight is 242 g/mol. The van der Waals surface area contributed by atoms with E-state index in [9.17, 15) is 4.79 Å². The summed E-state index contributed by atoms with van der Waals surface area (Å²) < 4.78 is 0. The second-order valence-corrected chi connectivity index (χ2v) is 4.18. The summed E-state index contributed by atoms with van der Waals surface area (Å²) in [7, 11) is 0. The van der Waals surface area contributed by atoms with Crippen LogP contribution in [-0.2, 0) is 0 Å².